The Labute approximate surface area is 175 Å². The van der Waals surface area contributed by atoms with Crippen molar-refractivity contribution in [2.75, 3.05) is 7.05 Å². The fraction of sp³-hybridized carbons (Fsp3) is 0.760. The van der Waals surface area contributed by atoms with E-state index < -0.39 is 0 Å². The Balaban J connectivity index is 0.00000352. The van der Waals surface area contributed by atoms with Crippen LogP contribution < -0.4 is 10.1 Å². The first-order valence-electron chi connectivity index (χ1n) is 11.7. The van der Waals surface area contributed by atoms with Crippen LogP contribution in [0.5, 0.6) is 5.75 Å². The molecule has 0 saturated heterocycles. The molecule has 164 valence electrons. The summed E-state index contributed by atoms with van der Waals surface area (Å²) < 4.78 is 12.9. The number of hydrogen-bond donors (Lipinski definition) is 1. The van der Waals surface area contributed by atoms with Gasteiger partial charge in [0.05, 0.1) is 6.10 Å². The molecular weight excluding hydrogens is 346 g/mol. The normalized spacial score (nSPS) is 14.2. The summed E-state index contributed by atoms with van der Waals surface area (Å²) in [5, 5.41) is 3.28. The van der Waals surface area contributed by atoms with Crippen LogP contribution in [-0.4, -0.2) is 19.4 Å². The molecule has 0 bridgehead atoms. The van der Waals surface area contributed by atoms with E-state index in [2.05, 4.69) is 64.2 Å². The summed E-state index contributed by atoms with van der Waals surface area (Å²) in [6.07, 6.45) is 8.04. The van der Waals surface area contributed by atoms with Crippen molar-refractivity contribution in [1.29, 1.82) is 0 Å². The summed E-state index contributed by atoms with van der Waals surface area (Å²) in [6, 6.07) is 8.79. The average Bonchev–Trinajstić information content (AvgIpc) is 2.74. The zero-order valence-corrected chi connectivity index (χ0v) is 19.9. The van der Waals surface area contributed by atoms with Crippen molar-refractivity contribution in [2.45, 2.75) is 112 Å². The Hall–Kier alpha value is -1.06. The van der Waals surface area contributed by atoms with Crippen LogP contribution in [0.15, 0.2) is 24.3 Å². The van der Waals surface area contributed by atoms with Gasteiger partial charge in [0, 0.05) is 12.0 Å². The van der Waals surface area contributed by atoms with Gasteiger partial charge in [0.2, 0.25) is 6.29 Å². The summed E-state index contributed by atoms with van der Waals surface area (Å²) in [5.74, 6) is 1.36. The van der Waals surface area contributed by atoms with Crippen LogP contribution in [-0.2, 0) is 4.74 Å². The van der Waals surface area contributed by atoms with Gasteiger partial charge in [0.1, 0.15) is 5.75 Å². The van der Waals surface area contributed by atoms with E-state index in [9.17, 15) is 0 Å². The number of rotatable bonds is 14. The third-order valence-electron chi connectivity index (χ3n) is 5.16. The number of ether oxygens (including phenoxy) is 2. The SMILES string of the molecule is CC.CCCC(CC)OC(Oc1ccc(C(C)NC)cc1)C(CCC)CCC. The molecule has 3 heteroatoms. The van der Waals surface area contributed by atoms with Crippen molar-refractivity contribution in [3.05, 3.63) is 29.8 Å². The predicted octanol–water partition coefficient (Wildman–Crippen LogP) is 7.51. The zero-order chi connectivity index (χ0) is 21.4. The van der Waals surface area contributed by atoms with Gasteiger partial charge in [-0.15, -0.1) is 0 Å². The molecule has 3 unspecified atom stereocenters. The van der Waals surface area contributed by atoms with Crippen molar-refractivity contribution < 1.29 is 9.47 Å². The van der Waals surface area contributed by atoms with E-state index in [1.807, 2.05) is 20.9 Å². The maximum atomic E-state index is 6.48. The molecule has 0 spiro atoms. The highest BCUT2D eigenvalue weighted by atomic mass is 16.7. The highest BCUT2D eigenvalue weighted by molar-refractivity contribution is 5.29. The molecule has 0 aliphatic rings. The molecule has 3 atom stereocenters. The lowest BCUT2D eigenvalue weighted by atomic mass is 9.97. The van der Waals surface area contributed by atoms with E-state index in [0.717, 1.165) is 50.7 Å². The molecule has 1 N–H and O–H groups in total. The minimum Gasteiger partial charge on any atom is -0.465 e. The Morgan fingerprint density at radius 3 is 1.82 bits per heavy atom. The minimum absolute atomic E-state index is 0.154. The first-order valence-corrected chi connectivity index (χ1v) is 11.7. The van der Waals surface area contributed by atoms with Crippen LogP contribution in [0.1, 0.15) is 105 Å². The van der Waals surface area contributed by atoms with E-state index in [1.165, 1.54) is 5.56 Å². The largest absolute Gasteiger partial charge is 0.465 e. The molecule has 1 rings (SSSR count). The Morgan fingerprint density at radius 1 is 0.857 bits per heavy atom. The Bertz CT molecular complexity index is 454. The number of hydrogen-bond acceptors (Lipinski definition) is 3. The maximum Gasteiger partial charge on any atom is 0.202 e. The van der Waals surface area contributed by atoms with E-state index in [4.69, 9.17) is 9.47 Å². The Kier molecular flexibility index (Phi) is 16.2. The summed E-state index contributed by atoms with van der Waals surface area (Å²) in [6.45, 7) is 15.1. The average molecular weight is 394 g/mol. The van der Waals surface area contributed by atoms with Gasteiger partial charge < -0.3 is 14.8 Å². The van der Waals surface area contributed by atoms with Gasteiger partial charge in [-0.3, -0.25) is 0 Å². The smallest absolute Gasteiger partial charge is 0.202 e. The third-order valence-corrected chi connectivity index (χ3v) is 5.16. The standard InChI is InChI=1S/C23H41NO2.C2H6/c1-7-11-20(12-8-2)23(25-21(10-4)13-9-3)26-22-16-14-19(15-17-22)18(5)24-6;1-2/h14-18,20-21,23-24H,7-13H2,1-6H3;1-2H3. The van der Waals surface area contributed by atoms with Gasteiger partial charge in [-0.2, -0.15) is 0 Å². The number of benzene rings is 1. The van der Waals surface area contributed by atoms with Crippen LogP contribution in [0.25, 0.3) is 0 Å². The van der Waals surface area contributed by atoms with Gasteiger partial charge in [-0.1, -0.05) is 72.9 Å². The zero-order valence-electron chi connectivity index (χ0n) is 19.9. The highest BCUT2D eigenvalue weighted by Gasteiger charge is 2.25. The predicted molar refractivity (Wildman–Crippen MR) is 123 cm³/mol. The van der Waals surface area contributed by atoms with Gasteiger partial charge in [-0.05, 0) is 57.4 Å². The van der Waals surface area contributed by atoms with Gasteiger partial charge in [0.25, 0.3) is 0 Å². The molecule has 0 aliphatic heterocycles. The second kappa shape index (κ2) is 16.9. The summed E-state index contributed by atoms with van der Waals surface area (Å²) >= 11 is 0. The molecule has 3 nitrogen and oxygen atoms in total. The maximum absolute atomic E-state index is 6.48. The van der Waals surface area contributed by atoms with E-state index in [-0.39, 0.29) is 12.4 Å². The van der Waals surface area contributed by atoms with E-state index >= 15 is 0 Å². The summed E-state index contributed by atoms with van der Waals surface area (Å²) in [7, 11) is 1.98. The van der Waals surface area contributed by atoms with Crippen molar-refractivity contribution >= 4 is 0 Å². The van der Waals surface area contributed by atoms with E-state index in [1.54, 1.807) is 0 Å². The van der Waals surface area contributed by atoms with Crippen LogP contribution in [0.4, 0.5) is 0 Å². The van der Waals surface area contributed by atoms with Crippen molar-refractivity contribution in [2.24, 2.45) is 5.92 Å². The third kappa shape index (κ3) is 9.93. The molecule has 0 aliphatic carbocycles. The van der Waals surface area contributed by atoms with Crippen molar-refractivity contribution in [3.8, 4) is 5.75 Å². The first kappa shape index (κ1) is 26.9. The molecule has 0 fully saturated rings. The molecule has 0 aromatic heterocycles. The molecule has 0 heterocycles. The molecule has 0 amide bonds. The lowest BCUT2D eigenvalue weighted by Crippen LogP contribution is -2.34. The van der Waals surface area contributed by atoms with Gasteiger partial charge in [0.15, 0.2) is 0 Å². The fourth-order valence-electron chi connectivity index (χ4n) is 3.41. The van der Waals surface area contributed by atoms with Crippen LogP contribution >= 0.6 is 0 Å². The van der Waals surface area contributed by atoms with Gasteiger partial charge >= 0.3 is 0 Å². The van der Waals surface area contributed by atoms with Crippen molar-refractivity contribution in [3.63, 3.8) is 0 Å². The van der Waals surface area contributed by atoms with Gasteiger partial charge in [-0.25, -0.2) is 0 Å². The monoisotopic (exact) mass is 393 g/mol. The fourth-order valence-corrected chi connectivity index (χ4v) is 3.41. The summed E-state index contributed by atoms with van der Waals surface area (Å²) in [5.41, 5.74) is 1.27. The van der Waals surface area contributed by atoms with Crippen LogP contribution in [0, 0.1) is 5.92 Å². The lowest BCUT2D eigenvalue weighted by Gasteiger charge is -2.31. The second-order valence-electron chi connectivity index (χ2n) is 7.36. The van der Waals surface area contributed by atoms with Crippen molar-refractivity contribution in [1.82, 2.24) is 5.32 Å². The van der Waals surface area contributed by atoms with Crippen LogP contribution in [0.3, 0.4) is 0 Å². The lowest BCUT2D eigenvalue weighted by molar-refractivity contribution is -0.154. The molecular formula is C25H47NO2. The first-order chi connectivity index (χ1) is 13.6. The quantitative estimate of drug-likeness (QED) is 0.332. The second-order valence-corrected chi connectivity index (χ2v) is 7.36. The molecule has 0 radical (unpaired) electrons. The molecule has 28 heavy (non-hydrogen) atoms. The topological polar surface area (TPSA) is 30.5 Å². The molecule has 0 saturated carbocycles. The Morgan fingerprint density at radius 2 is 1.39 bits per heavy atom. The number of nitrogens with one attached hydrogen (secondary N) is 1. The molecule has 1 aromatic carbocycles. The van der Waals surface area contributed by atoms with E-state index in [0.29, 0.717) is 12.0 Å². The minimum atomic E-state index is -0.154. The van der Waals surface area contributed by atoms with Crippen LogP contribution in [0.2, 0.25) is 0 Å². The highest BCUT2D eigenvalue weighted by Crippen LogP contribution is 2.27. The summed E-state index contributed by atoms with van der Waals surface area (Å²) in [4.78, 5) is 0. The molecule has 1 aromatic rings.